The van der Waals surface area contributed by atoms with Crippen molar-refractivity contribution in [3.05, 3.63) is 64.9 Å². The van der Waals surface area contributed by atoms with Gasteiger partial charge in [-0.15, -0.1) is 0 Å². The zero-order chi connectivity index (χ0) is 16.3. The topological polar surface area (TPSA) is 42.4 Å². The van der Waals surface area contributed by atoms with Gasteiger partial charge in [0.1, 0.15) is 11.8 Å². The van der Waals surface area contributed by atoms with Crippen LogP contribution in [0.5, 0.6) is 0 Å². The minimum absolute atomic E-state index is 0.281. The zero-order valence-electron chi connectivity index (χ0n) is 13.0. The maximum absolute atomic E-state index is 12.5. The second-order valence-electron chi connectivity index (χ2n) is 5.94. The molecule has 1 fully saturated rings. The quantitative estimate of drug-likeness (QED) is 0.784. The Kier molecular flexibility index (Phi) is 4.53. The molecule has 1 amide bonds. The predicted molar refractivity (Wildman–Crippen MR) is 89.2 cm³/mol. The maximum atomic E-state index is 12.5. The Morgan fingerprint density at radius 3 is 2.87 bits per heavy atom. The average molecular weight is 331 g/mol. The molecular weight excluding hydrogens is 312 g/mol. The average Bonchev–Trinajstić information content (AvgIpc) is 2.97. The highest BCUT2D eigenvalue weighted by Crippen LogP contribution is 2.39. The summed E-state index contributed by atoms with van der Waals surface area (Å²) < 4.78 is 5.50. The molecule has 4 nitrogen and oxygen atoms in total. The summed E-state index contributed by atoms with van der Waals surface area (Å²) in [6, 6.07) is 13.4. The molecular formula is C18H19ClN2O2. The highest BCUT2D eigenvalue weighted by molar-refractivity contribution is 6.29. The van der Waals surface area contributed by atoms with Crippen molar-refractivity contribution in [3.8, 4) is 0 Å². The van der Waals surface area contributed by atoms with Gasteiger partial charge in [-0.1, -0.05) is 41.9 Å². The summed E-state index contributed by atoms with van der Waals surface area (Å²) in [5, 5.41) is 0.438. The number of hydrogen-bond donors (Lipinski definition) is 0. The van der Waals surface area contributed by atoms with Crippen molar-refractivity contribution in [1.82, 2.24) is 9.88 Å². The molecule has 1 saturated heterocycles. The van der Waals surface area contributed by atoms with E-state index in [0.29, 0.717) is 11.7 Å². The van der Waals surface area contributed by atoms with Crippen LogP contribution < -0.4 is 0 Å². The molecule has 1 unspecified atom stereocenters. The number of carbonyl (C=O) groups is 1. The van der Waals surface area contributed by atoms with Crippen molar-refractivity contribution < 1.29 is 9.53 Å². The van der Waals surface area contributed by atoms with Crippen molar-refractivity contribution in [2.45, 2.75) is 31.9 Å². The molecule has 1 aliphatic rings. The summed E-state index contributed by atoms with van der Waals surface area (Å²) in [6.45, 7) is 3.02. The standard InChI is InChI=1S/C18H19ClN2O2/c1-18(15-8-10-20-16(19)12-15)9-5-11-21(18)17(22)23-13-14-6-3-2-4-7-14/h2-4,6-8,10,12H,5,9,11,13H2,1H3. The molecule has 120 valence electrons. The molecule has 23 heavy (non-hydrogen) atoms. The number of ether oxygens (including phenoxy) is 1. The third kappa shape index (κ3) is 3.32. The predicted octanol–water partition coefficient (Wildman–Crippen LogP) is 4.38. The summed E-state index contributed by atoms with van der Waals surface area (Å²) in [4.78, 5) is 18.4. The van der Waals surface area contributed by atoms with Crippen LogP contribution in [0.1, 0.15) is 30.9 Å². The van der Waals surface area contributed by atoms with E-state index in [1.165, 1.54) is 0 Å². The number of aromatic nitrogens is 1. The summed E-state index contributed by atoms with van der Waals surface area (Å²) in [7, 11) is 0. The third-order valence-electron chi connectivity index (χ3n) is 4.42. The van der Waals surface area contributed by atoms with Gasteiger partial charge in [-0.05, 0) is 43.0 Å². The number of carbonyl (C=O) groups excluding carboxylic acids is 1. The Morgan fingerprint density at radius 1 is 1.35 bits per heavy atom. The molecule has 0 bridgehead atoms. The van der Waals surface area contributed by atoms with Gasteiger partial charge in [0.05, 0.1) is 5.54 Å². The molecule has 1 atom stereocenters. The monoisotopic (exact) mass is 330 g/mol. The van der Waals surface area contributed by atoms with E-state index in [0.717, 1.165) is 24.0 Å². The summed E-state index contributed by atoms with van der Waals surface area (Å²) in [6.07, 6.45) is 3.21. The first kappa shape index (κ1) is 15.8. The van der Waals surface area contributed by atoms with E-state index in [4.69, 9.17) is 16.3 Å². The van der Waals surface area contributed by atoms with Gasteiger partial charge >= 0.3 is 6.09 Å². The Morgan fingerprint density at radius 2 is 2.13 bits per heavy atom. The minimum atomic E-state index is -0.402. The Balaban J connectivity index is 1.74. The molecule has 0 aliphatic carbocycles. The van der Waals surface area contributed by atoms with Crippen molar-refractivity contribution >= 4 is 17.7 Å². The van der Waals surface area contributed by atoms with Crippen LogP contribution in [0.15, 0.2) is 48.7 Å². The second kappa shape index (κ2) is 6.59. The lowest BCUT2D eigenvalue weighted by atomic mass is 9.90. The lowest BCUT2D eigenvalue weighted by Crippen LogP contribution is -2.43. The molecule has 0 saturated carbocycles. The maximum Gasteiger partial charge on any atom is 0.410 e. The van der Waals surface area contributed by atoms with Crippen molar-refractivity contribution in [3.63, 3.8) is 0 Å². The van der Waals surface area contributed by atoms with Crippen molar-refractivity contribution in [2.24, 2.45) is 0 Å². The van der Waals surface area contributed by atoms with Crippen LogP contribution in [0, 0.1) is 0 Å². The van der Waals surface area contributed by atoms with E-state index >= 15 is 0 Å². The van der Waals surface area contributed by atoms with Crippen LogP contribution in [0.3, 0.4) is 0 Å². The smallest absolute Gasteiger partial charge is 0.410 e. The number of likely N-dealkylation sites (tertiary alicyclic amines) is 1. The van der Waals surface area contributed by atoms with E-state index in [-0.39, 0.29) is 12.7 Å². The van der Waals surface area contributed by atoms with Crippen LogP contribution >= 0.6 is 11.6 Å². The first-order valence-electron chi connectivity index (χ1n) is 7.70. The summed E-state index contributed by atoms with van der Waals surface area (Å²) in [5.41, 5.74) is 1.57. The molecule has 0 N–H and O–H groups in total. The second-order valence-corrected chi connectivity index (χ2v) is 6.32. The number of rotatable bonds is 3. The fourth-order valence-electron chi connectivity index (χ4n) is 3.09. The zero-order valence-corrected chi connectivity index (χ0v) is 13.8. The van der Waals surface area contributed by atoms with E-state index in [1.54, 1.807) is 11.1 Å². The SMILES string of the molecule is CC1(c2ccnc(Cl)c2)CCCN1C(=O)OCc1ccccc1. The third-order valence-corrected chi connectivity index (χ3v) is 4.62. The number of pyridine rings is 1. The van der Waals surface area contributed by atoms with E-state index < -0.39 is 5.54 Å². The van der Waals surface area contributed by atoms with Gasteiger partial charge in [-0.2, -0.15) is 0 Å². The fourth-order valence-corrected chi connectivity index (χ4v) is 3.26. The first-order valence-corrected chi connectivity index (χ1v) is 8.08. The number of amides is 1. The molecule has 1 aliphatic heterocycles. The molecule has 1 aromatic heterocycles. The molecule has 2 heterocycles. The van der Waals surface area contributed by atoms with Crippen molar-refractivity contribution in [2.75, 3.05) is 6.54 Å². The van der Waals surface area contributed by atoms with Crippen LogP contribution in [0.25, 0.3) is 0 Å². The largest absolute Gasteiger partial charge is 0.445 e. The lowest BCUT2D eigenvalue weighted by Gasteiger charge is -2.35. The fraction of sp³-hybridized carbons (Fsp3) is 0.333. The van der Waals surface area contributed by atoms with Gasteiger partial charge in [-0.25, -0.2) is 9.78 Å². The van der Waals surface area contributed by atoms with Gasteiger partial charge in [0, 0.05) is 12.7 Å². The summed E-state index contributed by atoms with van der Waals surface area (Å²) >= 11 is 6.01. The molecule has 0 spiro atoms. The molecule has 0 radical (unpaired) electrons. The van der Waals surface area contributed by atoms with Crippen LogP contribution in [0.2, 0.25) is 5.15 Å². The molecule has 1 aromatic carbocycles. The van der Waals surface area contributed by atoms with Gasteiger partial charge in [0.2, 0.25) is 0 Å². The van der Waals surface area contributed by atoms with Gasteiger partial charge < -0.3 is 4.74 Å². The van der Waals surface area contributed by atoms with E-state index in [1.807, 2.05) is 42.5 Å². The Hall–Kier alpha value is -2.07. The highest BCUT2D eigenvalue weighted by atomic mass is 35.5. The molecule has 3 rings (SSSR count). The van der Waals surface area contributed by atoms with E-state index in [9.17, 15) is 4.79 Å². The summed E-state index contributed by atoms with van der Waals surface area (Å²) in [5.74, 6) is 0. The van der Waals surface area contributed by atoms with Crippen molar-refractivity contribution in [1.29, 1.82) is 0 Å². The lowest BCUT2D eigenvalue weighted by molar-refractivity contribution is 0.0693. The van der Waals surface area contributed by atoms with Gasteiger partial charge in [0.15, 0.2) is 0 Å². The van der Waals surface area contributed by atoms with E-state index in [2.05, 4.69) is 11.9 Å². The Bertz CT molecular complexity index is 692. The number of halogens is 1. The number of hydrogen-bond acceptors (Lipinski definition) is 3. The van der Waals surface area contributed by atoms with Crippen LogP contribution in [-0.4, -0.2) is 22.5 Å². The van der Waals surface area contributed by atoms with Crippen LogP contribution in [-0.2, 0) is 16.9 Å². The molecule has 2 aromatic rings. The Labute approximate surface area is 141 Å². The van der Waals surface area contributed by atoms with Gasteiger partial charge in [-0.3, -0.25) is 4.90 Å². The normalized spacial score (nSPS) is 20.5. The van der Waals surface area contributed by atoms with Gasteiger partial charge in [0.25, 0.3) is 0 Å². The minimum Gasteiger partial charge on any atom is -0.445 e. The first-order chi connectivity index (χ1) is 11.1. The van der Waals surface area contributed by atoms with Crippen LogP contribution in [0.4, 0.5) is 4.79 Å². The number of nitrogens with zero attached hydrogens (tertiary/aromatic N) is 2. The number of benzene rings is 1. The molecule has 5 heteroatoms. The highest BCUT2D eigenvalue weighted by Gasteiger charge is 2.42.